The third-order valence-electron chi connectivity index (χ3n) is 4.71. The van der Waals surface area contributed by atoms with Crippen molar-refractivity contribution in [3.05, 3.63) is 82.9 Å². The zero-order valence-electron chi connectivity index (χ0n) is 15.8. The molecule has 4 rings (SSSR count). The van der Waals surface area contributed by atoms with Crippen LogP contribution in [0.3, 0.4) is 0 Å². The van der Waals surface area contributed by atoms with Crippen molar-refractivity contribution in [2.45, 2.75) is 13.3 Å². The van der Waals surface area contributed by atoms with Crippen molar-refractivity contribution in [2.24, 2.45) is 0 Å². The van der Waals surface area contributed by atoms with Gasteiger partial charge in [0.25, 0.3) is 5.91 Å². The largest absolute Gasteiger partial charge is 0.454 e. The van der Waals surface area contributed by atoms with Gasteiger partial charge >= 0.3 is 0 Å². The number of para-hydroxylation sites is 2. The summed E-state index contributed by atoms with van der Waals surface area (Å²) in [5.74, 6) is 0.751. The maximum Gasteiger partial charge on any atom is 0.262 e. The summed E-state index contributed by atoms with van der Waals surface area (Å²) in [4.78, 5) is 27.2. The van der Waals surface area contributed by atoms with E-state index in [2.05, 4.69) is 5.32 Å². The molecule has 0 saturated heterocycles. The topological polar surface area (TPSA) is 58.6 Å². The Morgan fingerprint density at radius 2 is 1.79 bits per heavy atom. The van der Waals surface area contributed by atoms with Gasteiger partial charge in [-0.1, -0.05) is 35.9 Å². The molecule has 0 bridgehead atoms. The first-order valence-electron chi connectivity index (χ1n) is 9.32. The monoisotopic (exact) mass is 406 g/mol. The minimum atomic E-state index is -0.176. The summed E-state index contributed by atoms with van der Waals surface area (Å²) in [6, 6.07) is 19.7. The number of benzene rings is 3. The Balaban J connectivity index is 1.58. The third kappa shape index (κ3) is 3.96. The Morgan fingerprint density at radius 1 is 1.03 bits per heavy atom. The molecule has 0 aliphatic carbocycles. The summed E-state index contributed by atoms with van der Waals surface area (Å²) in [7, 11) is 0. The highest BCUT2D eigenvalue weighted by molar-refractivity contribution is 6.30. The van der Waals surface area contributed by atoms with Crippen molar-refractivity contribution >= 4 is 34.8 Å². The fourth-order valence-electron chi connectivity index (χ4n) is 3.31. The Hall–Kier alpha value is -3.31. The Kier molecular flexibility index (Phi) is 5.23. The summed E-state index contributed by atoms with van der Waals surface area (Å²) >= 11 is 5.88. The minimum absolute atomic E-state index is 0.166. The van der Waals surface area contributed by atoms with E-state index in [0.29, 0.717) is 34.3 Å². The van der Waals surface area contributed by atoms with Gasteiger partial charge in [-0.3, -0.25) is 9.59 Å². The van der Waals surface area contributed by atoms with E-state index in [1.165, 1.54) is 0 Å². The minimum Gasteiger partial charge on any atom is -0.454 e. The molecule has 5 nitrogen and oxygen atoms in total. The fourth-order valence-corrected chi connectivity index (χ4v) is 3.44. The highest BCUT2D eigenvalue weighted by Gasteiger charge is 2.27. The van der Waals surface area contributed by atoms with Crippen LogP contribution in [-0.4, -0.2) is 18.4 Å². The Bertz CT molecular complexity index is 1080. The smallest absolute Gasteiger partial charge is 0.262 e. The molecule has 3 aromatic carbocycles. The van der Waals surface area contributed by atoms with Crippen LogP contribution in [0.4, 0.5) is 11.4 Å². The molecule has 1 aliphatic rings. The molecule has 3 aromatic rings. The number of hydrogen-bond donors (Lipinski definition) is 1. The van der Waals surface area contributed by atoms with Crippen LogP contribution in [0.5, 0.6) is 11.5 Å². The molecule has 0 spiro atoms. The average Bonchev–Trinajstić information content (AvgIpc) is 2.83. The number of rotatable bonds is 4. The van der Waals surface area contributed by atoms with E-state index in [1.54, 1.807) is 35.2 Å². The molecule has 0 fully saturated rings. The average molecular weight is 407 g/mol. The first-order valence-corrected chi connectivity index (χ1v) is 9.70. The van der Waals surface area contributed by atoms with E-state index in [0.717, 1.165) is 11.3 Å². The van der Waals surface area contributed by atoms with Crippen molar-refractivity contribution in [3.63, 3.8) is 0 Å². The fraction of sp³-hybridized carbons (Fsp3) is 0.130. The molecule has 0 aromatic heterocycles. The van der Waals surface area contributed by atoms with Gasteiger partial charge in [0.15, 0.2) is 5.75 Å². The second-order valence-corrected chi connectivity index (χ2v) is 7.12. The van der Waals surface area contributed by atoms with Crippen molar-refractivity contribution in [3.8, 4) is 11.5 Å². The van der Waals surface area contributed by atoms with Gasteiger partial charge in [-0.15, -0.1) is 0 Å². The molecule has 0 saturated carbocycles. The quantitative estimate of drug-likeness (QED) is 0.640. The van der Waals surface area contributed by atoms with Crippen molar-refractivity contribution < 1.29 is 14.3 Å². The molecule has 2 amide bonds. The number of nitrogens with one attached hydrogen (secondary N) is 1. The molecule has 0 radical (unpaired) electrons. The number of nitrogens with zero attached hydrogens (tertiary/aromatic N) is 1. The number of halogens is 1. The van der Waals surface area contributed by atoms with Crippen LogP contribution in [0.25, 0.3) is 0 Å². The first kappa shape index (κ1) is 19.0. The summed E-state index contributed by atoms with van der Waals surface area (Å²) in [6.07, 6.45) is 0.214. The number of hydrogen-bond acceptors (Lipinski definition) is 3. The highest BCUT2D eigenvalue weighted by Crippen LogP contribution is 2.39. The number of carbonyl (C=O) groups is 2. The number of ether oxygens (including phenoxy) is 1. The molecule has 0 unspecified atom stereocenters. The lowest BCUT2D eigenvalue weighted by molar-refractivity contribution is -0.115. The van der Waals surface area contributed by atoms with Crippen LogP contribution in [0, 0.1) is 0 Å². The molecule has 29 heavy (non-hydrogen) atoms. The summed E-state index contributed by atoms with van der Waals surface area (Å²) < 4.78 is 5.98. The van der Waals surface area contributed by atoms with E-state index in [4.69, 9.17) is 16.3 Å². The van der Waals surface area contributed by atoms with Crippen molar-refractivity contribution in [1.29, 1.82) is 0 Å². The van der Waals surface area contributed by atoms with E-state index in [9.17, 15) is 9.59 Å². The number of anilines is 2. The SMILES string of the molecule is CCN1C(=O)c2cc(NC(=O)Cc3ccc(Cl)cc3)ccc2Oc2ccccc21. The molecule has 0 atom stereocenters. The zero-order valence-corrected chi connectivity index (χ0v) is 16.6. The zero-order chi connectivity index (χ0) is 20.4. The van der Waals surface area contributed by atoms with Gasteiger partial charge in [0.2, 0.25) is 5.91 Å². The van der Waals surface area contributed by atoms with Crippen LogP contribution in [0.2, 0.25) is 5.02 Å². The maximum absolute atomic E-state index is 13.1. The van der Waals surface area contributed by atoms with Gasteiger partial charge in [-0.05, 0) is 55.0 Å². The summed E-state index contributed by atoms with van der Waals surface area (Å²) in [5, 5.41) is 3.48. The summed E-state index contributed by atoms with van der Waals surface area (Å²) in [6.45, 7) is 2.42. The second kappa shape index (κ2) is 7.97. The molecule has 1 N–H and O–H groups in total. The van der Waals surface area contributed by atoms with Gasteiger partial charge < -0.3 is 15.0 Å². The van der Waals surface area contributed by atoms with E-state index in [1.807, 2.05) is 43.3 Å². The number of fused-ring (bicyclic) bond motifs is 2. The number of amides is 2. The van der Waals surface area contributed by atoms with Crippen LogP contribution in [0.1, 0.15) is 22.8 Å². The van der Waals surface area contributed by atoms with Crippen LogP contribution < -0.4 is 15.0 Å². The van der Waals surface area contributed by atoms with Crippen LogP contribution in [0.15, 0.2) is 66.7 Å². The molecule has 1 heterocycles. The summed E-state index contributed by atoms with van der Waals surface area (Å²) in [5.41, 5.74) is 2.53. The van der Waals surface area contributed by atoms with Gasteiger partial charge in [0.05, 0.1) is 17.7 Å². The van der Waals surface area contributed by atoms with E-state index < -0.39 is 0 Å². The van der Waals surface area contributed by atoms with E-state index in [-0.39, 0.29) is 18.2 Å². The Morgan fingerprint density at radius 3 is 2.55 bits per heavy atom. The van der Waals surface area contributed by atoms with Gasteiger partial charge in [-0.2, -0.15) is 0 Å². The van der Waals surface area contributed by atoms with Gasteiger partial charge in [0.1, 0.15) is 5.75 Å². The predicted octanol–water partition coefficient (Wildman–Crippen LogP) is 5.29. The molecular weight excluding hydrogens is 388 g/mol. The molecule has 6 heteroatoms. The lowest BCUT2D eigenvalue weighted by Gasteiger charge is -2.19. The normalized spacial score (nSPS) is 12.5. The van der Waals surface area contributed by atoms with Crippen molar-refractivity contribution in [2.75, 3.05) is 16.8 Å². The number of carbonyl (C=O) groups excluding carboxylic acids is 2. The lowest BCUT2D eigenvalue weighted by atomic mass is 10.1. The lowest BCUT2D eigenvalue weighted by Crippen LogP contribution is -2.29. The van der Waals surface area contributed by atoms with Gasteiger partial charge in [0, 0.05) is 17.3 Å². The van der Waals surface area contributed by atoms with Gasteiger partial charge in [-0.25, -0.2) is 0 Å². The molecular formula is C23H19ClN2O3. The highest BCUT2D eigenvalue weighted by atomic mass is 35.5. The van der Waals surface area contributed by atoms with Crippen LogP contribution in [-0.2, 0) is 11.2 Å². The predicted molar refractivity (Wildman–Crippen MR) is 114 cm³/mol. The standard InChI is InChI=1S/C23H19ClN2O3/c1-2-26-19-5-3-4-6-21(19)29-20-12-11-17(14-18(20)23(26)28)25-22(27)13-15-7-9-16(24)10-8-15/h3-12,14H,2,13H2,1H3,(H,25,27). The molecule has 1 aliphatic heterocycles. The maximum atomic E-state index is 13.1. The Labute approximate surface area is 173 Å². The first-order chi connectivity index (χ1) is 14.0. The second-order valence-electron chi connectivity index (χ2n) is 6.68. The van der Waals surface area contributed by atoms with Crippen LogP contribution >= 0.6 is 11.6 Å². The third-order valence-corrected chi connectivity index (χ3v) is 4.96. The van der Waals surface area contributed by atoms with E-state index >= 15 is 0 Å². The molecule has 146 valence electrons. The van der Waals surface area contributed by atoms with Crippen molar-refractivity contribution in [1.82, 2.24) is 0 Å².